The van der Waals surface area contributed by atoms with Crippen molar-refractivity contribution in [3.8, 4) is 5.69 Å². The van der Waals surface area contributed by atoms with Crippen molar-refractivity contribution in [2.75, 3.05) is 33.4 Å². The van der Waals surface area contributed by atoms with Gasteiger partial charge in [0.15, 0.2) is 0 Å². The Morgan fingerprint density at radius 2 is 2.09 bits per heavy atom. The molecule has 2 heterocycles. The first-order valence-electron chi connectivity index (χ1n) is 12.1. The van der Waals surface area contributed by atoms with Gasteiger partial charge in [-0.1, -0.05) is 18.2 Å². The van der Waals surface area contributed by atoms with Crippen molar-refractivity contribution in [1.29, 1.82) is 0 Å². The average molecular weight is 470 g/mol. The van der Waals surface area contributed by atoms with Gasteiger partial charge in [0.2, 0.25) is 0 Å². The Kier molecular flexibility index (Phi) is 7.84. The zero-order valence-corrected chi connectivity index (χ0v) is 20.3. The summed E-state index contributed by atoms with van der Waals surface area (Å²) in [4.78, 5) is 31.9. The number of ether oxygens (including phenoxy) is 2. The molecule has 0 spiro atoms. The summed E-state index contributed by atoms with van der Waals surface area (Å²) in [6.07, 6.45) is 2.55. The van der Waals surface area contributed by atoms with E-state index in [1.807, 2.05) is 23.1 Å². The normalized spacial score (nSPS) is 18.9. The fourth-order valence-corrected chi connectivity index (χ4v) is 4.63. The molecule has 0 radical (unpaired) electrons. The molecule has 2 aliphatic rings. The van der Waals surface area contributed by atoms with Gasteiger partial charge in [-0.05, 0) is 45.2 Å². The van der Waals surface area contributed by atoms with E-state index in [-0.39, 0.29) is 18.0 Å². The highest BCUT2D eigenvalue weighted by atomic mass is 16.5. The summed E-state index contributed by atoms with van der Waals surface area (Å²) >= 11 is 0. The van der Waals surface area contributed by atoms with E-state index >= 15 is 0 Å². The highest BCUT2D eigenvalue weighted by molar-refractivity contribution is 5.82. The van der Waals surface area contributed by atoms with E-state index in [1.165, 1.54) is 7.11 Å². The number of hydrogen-bond acceptors (Lipinski definition) is 6. The van der Waals surface area contributed by atoms with Crippen LogP contribution in [0, 0.1) is 6.92 Å². The molecule has 9 nitrogen and oxygen atoms in total. The van der Waals surface area contributed by atoms with E-state index in [1.54, 1.807) is 0 Å². The maximum absolute atomic E-state index is 13.4. The summed E-state index contributed by atoms with van der Waals surface area (Å²) in [6.45, 7) is 6.50. The number of nitrogens with zero attached hydrogens (tertiary/aromatic N) is 3. The summed E-state index contributed by atoms with van der Waals surface area (Å²) in [5.74, 6) is 0.954. The van der Waals surface area contributed by atoms with Gasteiger partial charge in [-0.3, -0.25) is 4.79 Å². The molecule has 1 aromatic heterocycles. The van der Waals surface area contributed by atoms with Crippen molar-refractivity contribution < 1.29 is 19.1 Å². The average Bonchev–Trinajstić information content (AvgIpc) is 3.65. The first-order chi connectivity index (χ1) is 16.5. The number of imidazole rings is 1. The number of carbonyl (C=O) groups excluding carboxylic acids is 2. The fraction of sp³-hybridized carbons (Fsp3) is 0.560. The number of alkyl carbamates (subject to hydrolysis) is 1. The summed E-state index contributed by atoms with van der Waals surface area (Å²) in [6, 6.07) is 10.2. The van der Waals surface area contributed by atoms with Crippen LogP contribution in [0.4, 0.5) is 4.79 Å². The van der Waals surface area contributed by atoms with Gasteiger partial charge in [-0.15, -0.1) is 0 Å². The van der Waals surface area contributed by atoms with Gasteiger partial charge in [0.25, 0.3) is 5.91 Å². The molecule has 4 rings (SSSR count). The molecule has 2 N–H and O–H groups in total. The number of aromatic nitrogens is 2. The van der Waals surface area contributed by atoms with Crippen molar-refractivity contribution in [2.45, 2.75) is 57.7 Å². The van der Waals surface area contributed by atoms with Crippen LogP contribution in [0.5, 0.6) is 0 Å². The van der Waals surface area contributed by atoms with Gasteiger partial charge in [0, 0.05) is 43.5 Å². The quantitative estimate of drug-likeness (QED) is 0.548. The fourth-order valence-electron chi connectivity index (χ4n) is 4.63. The van der Waals surface area contributed by atoms with E-state index in [0.29, 0.717) is 26.1 Å². The number of benzene rings is 1. The molecule has 1 aliphatic heterocycles. The molecule has 0 bridgehead atoms. The Balaban J connectivity index is 1.60. The van der Waals surface area contributed by atoms with Crippen LogP contribution in [0.25, 0.3) is 5.69 Å². The molecule has 1 aromatic carbocycles. The Bertz CT molecular complexity index is 983. The number of rotatable bonds is 9. The molecule has 1 saturated heterocycles. The number of amides is 2. The summed E-state index contributed by atoms with van der Waals surface area (Å²) < 4.78 is 12.6. The van der Waals surface area contributed by atoms with Crippen LogP contribution >= 0.6 is 0 Å². The first-order valence-corrected chi connectivity index (χ1v) is 12.1. The monoisotopic (exact) mass is 469 g/mol. The largest absolute Gasteiger partial charge is 0.453 e. The van der Waals surface area contributed by atoms with Crippen molar-refractivity contribution in [1.82, 2.24) is 25.1 Å². The van der Waals surface area contributed by atoms with Crippen molar-refractivity contribution >= 4 is 12.0 Å². The van der Waals surface area contributed by atoms with E-state index in [0.717, 1.165) is 48.7 Å². The van der Waals surface area contributed by atoms with Crippen LogP contribution in [0.1, 0.15) is 49.4 Å². The number of aryl methyl sites for hydroxylation is 1. The molecule has 9 heteroatoms. The lowest BCUT2D eigenvalue weighted by molar-refractivity contribution is -0.148. The van der Waals surface area contributed by atoms with Crippen molar-refractivity contribution in [3.63, 3.8) is 0 Å². The molecular weight excluding hydrogens is 434 g/mol. The van der Waals surface area contributed by atoms with E-state index < -0.39 is 12.2 Å². The Morgan fingerprint density at radius 1 is 1.32 bits per heavy atom. The van der Waals surface area contributed by atoms with E-state index in [2.05, 4.69) is 45.9 Å². The zero-order valence-electron chi connectivity index (χ0n) is 20.3. The minimum absolute atomic E-state index is 0.0414. The summed E-state index contributed by atoms with van der Waals surface area (Å²) in [5, 5.41) is 5.99. The predicted molar refractivity (Wildman–Crippen MR) is 128 cm³/mol. The first kappa shape index (κ1) is 24.2. The number of hydrogen-bond donors (Lipinski definition) is 2. The molecule has 2 atom stereocenters. The highest BCUT2D eigenvalue weighted by Crippen LogP contribution is 2.36. The number of methoxy groups -OCH3 is 1. The Morgan fingerprint density at radius 3 is 2.74 bits per heavy atom. The van der Waals surface area contributed by atoms with Crippen LogP contribution < -0.4 is 10.6 Å². The number of nitrogens with one attached hydrogen (secondary N) is 2. The third-order valence-electron chi connectivity index (χ3n) is 6.47. The van der Waals surface area contributed by atoms with Gasteiger partial charge in [-0.25, -0.2) is 9.78 Å². The SMILES string of the molecule is COC(=O)NCCCc1nc(C(C)N(C(=O)[C@H]2CNCCO2)C2CC2)c(C)n1-c1ccccc1. The molecule has 34 heavy (non-hydrogen) atoms. The molecular formula is C25H35N5O4. The van der Waals surface area contributed by atoms with E-state index in [9.17, 15) is 9.59 Å². The summed E-state index contributed by atoms with van der Waals surface area (Å²) in [5.41, 5.74) is 2.96. The molecule has 1 unspecified atom stereocenters. The topological polar surface area (TPSA) is 97.7 Å². The lowest BCUT2D eigenvalue weighted by Gasteiger charge is -2.33. The second-order valence-corrected chi connectivity index (χ2v) is 8.91. The molecule has 1 aliphatic carbocycles. The maximum Gasteiger partial charge on any atom is 0.406 e. The second kappa shape index (κ2) is 11.0. The van der Waals surface area contributed by atoms with Crippen molar-refractivity contribution in [3.05, 3.63) is 47.5 Å². The predicted octanol–water partition coefficient (Wildman–Crippen LogP) is 2.51. The maximum atomic E-state index is 13.4. The smallest absolute Gasteiger partial charge is 0.406 e. The van der Waals surface area contributed by atoms with Crippen LogP contribution in [0.15, 0.2) is 30.3 Å². The molecule has 1 saturated carbocycles. The van der Waals surface area contributed by atoms with Gasteiger partial charge < -0.3 is 29.6 Å². The third-order valence-corrected chi connectivity index (χ3v) is 6.47. The van der Waals surface area contributed by atoms with E-state index in [4.69, 9.17) is 9.72 Å². The van der Waals surface area contributed by atoms with Gasteiger partial charge in [-0.2, -0.15) is 0 Å². The number of morpholine rings is 1. The highest BCUT2D eigenvalue weighted by Gasteiger charge is 2.41. The van der Waals surface area contributed by atoms with Crippen LogP contribution in [0.3, 0.4) is 0 Å². The zero-order chi connectivity index (χ0) is 24.1. The van der Waals surface area contributed by atoms with Crippen LogP contribution in [0.2, 0.25) is 0 Å². The van der Waals surface area contributed by atoms with Gasteiger partial charge >= 0.3 is 6.09 Å². The minimum atomic E-state index is -0.447. The minimum Gasteiger partial charge on any atom is -0.453 e. The number of para-hydroxylation sites is 1. The third kappa shape index (κ3) is 5.42. The second-order valence-electron chi connectivity index (χ2n) is 8.91. The molecule has 2 aromatic rings. The molecule has 2 fully saturated rings. The Hall–Kier alpha value is -2.91. The van der Waals surface area contributed by atoms with Crippen LogP contribution in [-0.4, -0.2) is 71.9 Å². The van der Waals surface area contributed by atoms with Crippen LogP contribution in [-0.2, 0) is 20.7 Å². The number of carbonyl (C=O) groups is 2. The van der Waals surface area contributed by atoms with Crippen molar-refractivity contribution in [2.24, 2.45) is 0 Å². The van der Waals surface area contributed by atoms with Gasteiger partial charge in [0.05, 0.1) is 25.5 Å². The lowest BCUT2D eigenvalue weighted by atomic mass is 10.1. The van der Waals surface area contributed by atoms with Gasteiger partial charge in [0.1, 0.15) is 11.9 Å². The lowest BCUT2D eigenvalue weighted by Crippen LogP contribution is -2.50. The summed E-state index contributed by atoms with van der Waals surface area (Å²) in [7, 11) is 1.36. The Labute approximate surface area is 200 Å². The molecule has 184 valence electrons. The standard InChI is InChI=1S/C25H35N5O4/c1-17-23(18(2)30(20-11-12-20)24(31)21-16-26-14-15-34-21)28-22(10-7-13-27-25(32)33-3)29(17)19-8-5-4-6-9-19/h4-6,8-9,18,20-21,26H,7,10-16H2,1-3H3,(H,27,32)/t18?,21-/m1/s1. The molecule has 2 amide bonds.